The molecule has 18 heavy (non-hydrogen) atoms. The third kappa shape index (κ3) is 2.18. The monoisotopic (exact) mass is 246 g/mol. The lowest BCUT2D eigenvalue weighted by Gasteiger charge is -2.13. The molecule has 5 nitrogen and oxygen atoms in total. The predicted octanol–water partition coefficient (Wildman–Crippen LogP) is 2.08. The summed E-state index contributed by atoms with van der Waals surface area (Å²) in [5.41, 5.74) is 1.23. The van der Waals surface area contributed by atoms with Crippen LogP contribution in [0.15, 0.2) is 22.9 Å². The van der Waals surface area contributed by atoms with E-state index in [0.717, 1.165) is 11.7 Å². The van der Waals surface area contributed by atoms with Gasteiger partial charge in [0, 0.05) is 23.9 Å². The van der Waals surface area contributed by atoms with Gasteiger partial charge < -0.3 is 14.4 Å². The first-order chi connectivity index (χ1) is 8.78. The van der Waals surface area contributed by atoms with E-state index in [1.807, 2.05) is 13.1 Å². The van der Waals surface area contributed by atoms with Crippen LogP contribution in [0.5, 0.6) is 0 Å². The van der Waals surface area contributed by atoms with E-state index in [0.29, 0.717) is 18.5 Å². The molecular weight excluding hydrogens is 228 g/mol. The van der Waals surface area contributed by atoms with Gasteiger partial charge in [-0.2, -0.15) is 4.98 Å². The van der Waals surface area contributed by atoms with Crippen molar-refractivity contribution in [2.75, 3.05) is 7.05 Å². The van der Waals surface area contributed by atoms with Crippen LogP contribution in [0.1, 0.15) is 49.1 Å². The number of nitrogens with one attached hydrogen (secondary N) is 1. The minimum atomic E-state index is 0.315. The van der Waals surface area contributed by atoms with Crippen molar-refractivity contribution < 1.29 is 4.52 Å². The van der Waals surface area contributed by atoms with Crippen LogP contribution in [0.25, 0.3) is 0 Å². The molecule has 1 N–H and O–H groups in total. The van der Waals surface area contributed by atoms with Crippen molar-refractivity contribution >= 4 is 0 Å². The summed E-state index contributed by atoms with van der Waals surface area (Å²) in [5, 5.41) is 7.29. The molecule has 0 bridgehead atoms. The molecule has 1 atom stereocenters. The molecule has 1 aliphatic rings. The Balaban J connectivity index is 1.76. The maximum atomic E-state index is 5.27. The summed E-state index contributed by atoms with van der Waals surface area (Å²) in [6.45, 7) is 2.81. The molecule has 2 heterocycles. The molecular formula is C13H18N4O. The van der Waals surface area contributed by atoms with Crippen molar-refractivity contribution in [3.8, 4) is 0 Å². The average molecular weight is 246 g/mol. The maximum Gasteiger partial charge on any atom is 0.229 e. The van der Waals surface area contributed by atoms with Gasteiger partial charge in [-0.05, 0) is 38.9 Å². The molecule has 5 heteroatoms. The second kappa shape index (κ2) is 4.57. The minimum Gasteiger partial charge on any atom is -0.342 e. The average Bonchev–Trinajstić information content (AvgIpc) is 2.96. The molecule has 1 unspecified atom stereocenters. The molecule has 96 valence electrons. The minimum absolute atomic E-state index is 0.315. The normalized spacial score (nSPS) is 17.0. The fourth-order valence-corrected chi connectivity index (χ4v) is 2.09. The van der Waals surface area contributed by atoms with Crippen molar-refractivity contribution in [2.45, 2.75) is 38.3 Å². The van der Waals surface area contributed by atoms with E-state index in [-0.39, 0.29) is 0 Å². The highest BCUT2D eigenvalue weighted by atomic mass is 16.5. The van der Waals surface area contributed by atoms with Crippen LogP contribution in [-0.2, 0) is 6.54 Å². The standard InChI is InChI=1S/C13H18N4O/c1-9(14-2)11-4-3-7-17(11)8-12-15-13(18-16-12)10-5-6-10/h3-4,7,9-10,14H,5-6,8H2,1-2H3. The Bertz CT molecular complexity index is 527. The molecule has 0 saturated heterocycles. The number of nitrogens with zero attached hydrogens (tertiary/aromatic N) is 3. The van der Waals surface area contributed by atoms with Gasteiger partial charge in [0.1, 0.15) is 0 Å². The fraction of sp³-hybridized carbons (Fsp3) is 0.538. The Hall–Kier alpha value is -1.62. The van der Waals surface area contributed by atoms with Gasteiger partial charge in [-0.15, -0.1) is 0 Å². The predicted molar refractivity (Wildman–Crippen MR) is 67.3 cm³/mol. The van der Waals surface area contributed by atoms with Crippen molar-refractivity contribution in [3.63, 3.8) is 0 Å². The van der Waals surface area contributed by atoms with E-state index in [2.05, 4.69) is 39.2 Å². The van der Waals surface area contributed by atoms with E-state index in [4.69, 9.17) is 4.52 Å². The summed E-state index contributed by atoms with van der Waals surface area (Å²) in [6, 6.07) is 4.48. The zero-order valence-electron chi connectivity index (χ0n) is 10.8. The van der Waals surface area contributed by atoms with Gasteiger partial charge >= 0.3 is 0 Å². The van der Waals surface area contributed by atoms with Gasteiger partial charge in [0.15, 0.2) is 5.82 Å². The Labute approximate surface area is 106 Å². The second-order valence-electron chi connectivity index (χ2n) is 4.89. The van der Waals surface area contributed by atoms with Gasteiger partial charge in [-0.3, -0.25) is 0 Å². The summed E-state index contributed by atoms with van der Waals surface area (Å²) in [6.07, 6.45) is 4.43. The zero-order valence-corrected chi connectivity index (χ0v) is 10.8. The Morgan fingerprint density at radius 3 is 3.11 bits per heavy atom. The van der Waals surface area contributed by atoms with E-state index < -0.39 is 0 Å². The Morgan fingerprint density at radius 1 is 1.56 bits per heavy atom. The molecule has 2 aromatic heterocycles. The van der Waals surface area contributed by atoms with Gasteiger partial charge in [0.05, 0.1) is 6.54 Å². The van der Waals surface area contributed by atoms with Crippen molar-refractivity contribution in [1.82, 2.24) is 20.0 Å². The SMILES string of the molecule is CNC(C)c1cccn1Cc1noc(C2CC2)n1. The highest BCUT2D eigenvalue weighted by Crippen LogP contribution is 2.38. The summed E-state index contributed by atoms with van der Waals surface area (Å²) in [7, 11) is 1.96. The van der Waals surface area contributed by atoms with Gasteiger partial charge in [0.2, 0.25) is 5.89 Å². The van der Waals surface area contributed by atoms with Crippen molar-refractivity contribution in [1.29, 1.82) is 0 Å². The molecule has 0 aromatic carbocycles. The van der Waals surface area contributed by atoms with Crippen LogP contribution in [-0.4, -0.2) is 21.8 Å². The summed E-state index contributed by atoms with van der Waals surface area (Å²) >= 11 is 0. The lowest BCUT2D eigenvalue weighted by Crippen LogP contribution is -2.17. The third-order valence-corrected chi connectivity index (χ3v) is 3.46. The van der Waals surface area contributed by atoms with Crippen LogP contribution < -0.4 is 5.32 Å². The van der Waals surface area contributed by atoms with Crippen LogP contribution >= 0.6 is 0 Å². The Morgan fingerprint density at radius 2 is 2.39 bits per heavy atom. The molecule has 1 fully saturated rings. The second-order valence-corrected chi connectivity index (χ2v) is 4.89. The Kier molecular flexibility index (Phi) is 2.91. The molecule has 0 amide bonds. The lowest BCUT2D eigenvalue weighted by molar-refractivity contribution is 0.372. The first-order valence-electron chi connectivity index (χ1n) is 6.42. The van der Waals surface area contributed by atoms with Crippen LogP contribution in [0.3, 0.4) is 0 Å². The highest BCUT2D eigenvalue weighted by Gasteiger charge is 2.29. The van der Waals surface area contributed by atoms with E-state index >= 15 is 0 Å². The third-order valence-electron chi connectivity index (χ3n) is 3.46. The van der Waals surface area contributed by atoms with Gasteiger partial charge in [-0.25, -0.2) is 0 Å². The molecule has 3 rings (SSSR count). The number of hydrogen-bond acceptors (Lipinski definition) is 4. The molecule has 2 aromatic rings. The zero-order chi connectivity index (χ0) is 12.5. The van der Waals surface area contributed by atoms with Crippen molar-refractivity contribution in [3.05, 3.63) is 35.7 Å². The lowest BCUT2D eigenvalue weighted by atomic mass is 10.2. The fourth-order valence-electron chi connectivity index (χ4n) is 2.09. The maximum absolute atomic E-state index is 5.27. The smallest absolute Gasteiger partial charge is 0.229 e. The molecule has 1 aliphatic carbocycles. The molecule has 1 saturated carbocycles. The quantitative estimate of drug-likeness (QED) is 0.877. The number of aromatic nitrogens is 3. The number of rotatable bonds is 5. The summed E-state index contributed by atoms with van der Waals surface area (Å²) < 4.78 is 7.43. The summed E-state index contributed by atoms with van der Waals surface area (Å²) in [5.74, 6) is 2.09. The number of hydrogen-bond donors (Lipinski definition) is 1. The van der Waals surface area contributed by atoms with Crippen molar-refractivity contribution in [2.24, 2.45) is 0 Å². The topological polar surface area (TPSA) is 55.9 Å². The van der Waals surface area contributed by atoms with Gasteiger partial charge in [0.25, 0.3) is 0 Å². The van der Waals surface area contributed by atoms with Crippen LogP contribution in [0.2, 0.25) is 0 Å². The van der Waals surface area contributed by atoms with E-state index in [1.165, 1.54) is 18.5 Å². The first-order valence-corrected chi connectivity index (χ1v) is 6.42. The molecule has 0 aliphatic heterocycles. The van der Waals surface area contributed by atoms with Crippen LogP contribution in [0, 0.1) is 0 Å². The van der Waals surface area contributed by atoms with Crippen LogP contribution in [0.4, 0.5) is 0 Å². The molecule has 0 spiro atoms. The summed E-state index contributed by atoms with van der Waals surface area (Å²) in [4.78, 5) is 4.45. The van der Waals surface area contributed by atoms with Gasteiger partial charge in [-0.1, -0.05) is 5.16 Å². The first kappa shape index (κ1) is 11.5. The largest absolute Gasteiger partial charge is 0.342 e. The molecule has 0 radical (unpaired) electrons. The van der Waals surface area contributed by atoms with E-state index in [9.17, 15) is 0 Å². The highest BCUT2D eigenvalue weighted by molar-refractivity contribution is 5.13. The van der Waals surface area contributed by atoms with E-state index in [1.54, 1.807) is 0 Å².